The molecule has 1 atom stereocenters. The van der Waals surface area contributed by atoms with Gasteiger partial charge in [0.1, 0.15) is 0 Å². The summed E-state index contributed by atoms with van der Waals surface area (Å²) in [6, 6.07) is 7.61. The quantitative estimate of drug-likeness (QED) is 0.720. The highest BCUT2D eigenvalue weighted by Crippen LogP contribution is 2.16. The van der Waals surface area contributed by atoms with Gasteiger partial charge in [0.15, 0.2) is 0 Å². The third-order valence-corrected chi connectivity index (χ3v) is 1.88. The van der Waals surface area contributed by atoms with Crippen LogP contribution in [0, 0.1) is 6.92 Å². The van der Waals surface area contributed by atoms with E-state index in [2.05, 4.69) is 6.92 Å². The zero-order chi connectivity index (χ0) is 8.27. The van der Waals surface area contributed by atoms with Crippen LogP contribution in [-0.4, -0.2) is 6.54 Å². The molecule has 0 spiro atoms. The Balaban J connectivity index is 2.81. The van der Waals surface area contributed by atoms with E-state index in [9.17, 15) is 0 Å². The normalized spacial score (nSPS) is 13.0. The number of benzene rings is 1. The second kappa shape index (κ2) is 3.74. The minimum absolute atomic E-state index is 0.173. The minimum atomic E-state index is 0.173. The lowest BCUT2D eigenvalue weighted by atomic mass is 10.0. The second-order valence-electron chi connectivity index (χ2n) is 2.48. The largest absolute Gasteiger partial charge is 0.330 e. The standard InChI is InChI=1S/C9H11ClN/c1-7(6-11)8-2-4-9(10)5-3-8/h2-5,7H,1,6,11H2. The molecule has 2 heteroatoms. The molecule has 1 nitrogen and oxygen atoms in total. The van der Waals surface area contributed by atoms with E-state index >= 15 is 0 Å². The summed E-state index contributed by atoms with van der Waals surface area (Å²) in [6.07, 6.45) is 0. The topological polar surface area (TPSA) is 26.0 Å². The van der Waals surface area contributed by atoms with Crippen molar-refractivity contribution in [3.8, 4) is 0 Å². The molecule has 1 aromatic carbocycles. The van der Waals surface area contributed by atoms with E-state index in [0.29, 0.717) is 6.54 Å². The van der Waals surface area contributed by atoms with Crippen LogP contribution in [0.3, 0.4) is 0 Å². The van der Waals surface area contributed by atoms with Crippen molar-refractivity contribution in [3.05, 3.63) is 41.8 Å². The Hall–Kier alpha value is -0.530. The van der Waals surface area contributed by atoms with Crippen LogP contribution in [0.4, 0.5) is 0 Å². The van der Waals surface area contributed by atoms with Crippen LogP contribution in [0.25, 0.3) is 0 Å². The molecule has 0 saturated carbocycles. The first-order chi connectivity index (χ1) is 5.24. The van der Waals surface area contributed by atoms with Gasteiger partial charge in [-0.2, -0.15) is 0 Å². The fourth-order valence-corrected chi connectivity index (χ4v) is 0.997. The fraction of sp³-hybridized carbons (Fsp3) is 0.222. The van der Waals surface area contributed by atoms with E-state index in [1.807, 2.05) is 24.3 Å². The maximum absolute atomic E-state index is 5.71. The summed E-state index contributed by atoms with van der Waals surface area (Å²) in [6.45, 7) is 4.46. The van der Waals surface area contributed by atoms with E-state index in [-0.39, 0.29) is 5.92 Å². The van der Waals surface area contributed by atoms with Crippen molar-refractivity contribution in [1.82, 2.24) is 0 Å². The molecule has 2 N–H and O–H groups in total. The van der Waals surface area contributed by atoms with E-state index in [1.54, 1.807) is 0 Å². The molecule has 0 bridgehead atoms. The van der Waals surface area contributed by atoms with Crippen molar-refractivity contribution in [1.29, 1.82) is 0 Å². The van der Waals surface area contributed by atoms with Crippen LogP contribution >= 0.6 is 11.6 Å². The molecule has 11 heavy (non-hydrogen) atoms. The highest BCUT2D eigenvalue weighted by atomic mass is 35.5. The van der Waals surface area contributed by atoms with Crippen molar-refractivity contribution >= 4 is 11.6 Å². The summed E-state index contributed by atoms with van der Waals surface area (Å²) in [5.74, 6) is 0.173. The van der Waals surface area contributed by atoms with Crippen LogP contribution in [0.15, 0.2) is 24.3 Å². The zero-order valence-corrected chi connectivity index (χ0v) is 7.01. The number of halogens is 1. The van der Waals surface area contributed by atoms with Gasteiger partial charge in [-0.15, -0.1) is 0 Å². The number of nitrogens with two attached hydrogens (primary N) is 1. The lowest BCUT2D eigenvalue weighted by Gasteiger charge is -2.07. The van der Waals surface area contributed by atoms with Crippen molar-refractivity contribution in [2.75, 3.05) is 6.54 Å². The molecule has 0 heterocycles. The molecular weight excluding hydrogens is 158 g/mol. The predicted molar refractivity (Wildman–Crippen MR) is 48.6 cm³/mol. The maximum Gasteiger partial charge on any atom is 0.0406 e. The monoisotopic (exact) mass is 168 g/mol. The molecule has 1 unspecified atom stereocenters. The molecule has 1 radical (unpaired) electrons. The van der Waals surface area contributed by atoms with Crippen LogP contribution in [-0.2, 0) is 0 Å². The number of rotatable bonds is 2. The first-order valence-corrected chi connectivity index (χ1v) is 3.90. The van der Waals surface area contributed by atoms with Gasteiger partial charge in [-0.05, 0) is 37.1 Å². The van der Waals surface area contributed by atoms with Gasteiger partial charge in [0.25, 0.3) is 0 Å². The van der Waals surface area contributed by atoms with Crippen molar-refractivity contribution in [2.24, 2.45) is 5.73 Å². The molecule has 0 aromatic heterocycles. The Labute approximate surface area is 72.2 Å². The minimum Gasteiger partial charge on any atom is -0.330 e. The number of hydrogen-bond donors (Lipinski definition) is 1. The molecule has 0 saturated heterocycles. The second-order valence-corrected chi connectivity index (χ2v) is 2.92. The third kappa shape index (κ3) is 2.21. The third-order valence-electron chi connectivity index (χ3n) is 1.63. The van der Waals surface area contributed by atoms with E-state index in [0.717, 1.165) is 10.6 Å². The Morgan fingerprint density at radius 3 is 2.36 bits per heavy atom. The van der Waals surface area contributed by atoms with E-state index in [4.69, 9.17) is 17.3 Å². The predicted octanol–water partition coefficient (Wildman–Crippen LogP) is 2.22. The van der Waals surface area contributed by atoms with Crippen molar-refractivity contribution < 1.29 is 0 Å². The van der Waals surface area contributed by atoms with Crippen molar-refractivity contribution in [2.45, 2.75) is 5.92 Å². The smallest absolute Gasteiger partial charge is 0.0406 e. The van der Waals surface area contributed by atoms with Gasteiger partial charge in [0, 0.05) is 5.02 Å². The van der Waals surface area contributed by atoms with Gasteiger partial charge < -0.3 is 5.73 Å². The molecular formula is C9H11ClN. The van der Waals surface area contributed by atoms with Gasteiger partial charge in [0.2, 0.25) is 0 Å². The van der Waals surface area contributed by atoms with Crippen LogP contribution < -0.4 is 5.73 Å². The lowest BCUT2D eigenvalue weighted by molar-refractivity contribution is 0.846. The summed E-state index contributed by atoms with van der Waals surface area (Å²) >= 11 is 5.71. The number of hydrogen-bond acceptors (Lipinski definition) is 1. The van der Waals surface area contributed by atoms with Crippen LogP contribution in [0.5, 0.6) is 0 Å². The van der Waals surface area contributed by atoms with Crippen LogP contribution in [0.1, 0.15) is 11.5 Å². The SMILES string of the molecule is [CH2]C(CN)c1ccc(Cl)cc1. The highest BCUT2D eigenvalue weighted by Gasteiger charge is 2.01. The Bertz CT molecular complexity index is 218. The van der Waals surface area contributed by atoms with Gasteiger partial charge in [-0.25, -0.2) is 0 Å². The van der Waals surface area contributed by atoms with E-state index in [1.165, 1.54) is 0 Å². The molecule has 1 rings (SSSR count). The Morgan fingerprint density at radius 2 is 1.91 bits per heavy atom. The fourth-order valence-electron chi connectivity index (χ4n) is 0.871. The summed E-state index contributed by atoms with van der Waals surface area (Å²) in [4.78, 5) is 0. The van der Waals surface area contributed by atoms with Crippen molar-refractivity contribution in [3.63, 3.8) is 0 Å². The summed E-state index contributed by atoms with van der Waals surface area (Å²) in [5.41, 5.74) is 6.58. The average molecular weight is 169 g/mol. The Morgan fingerprint density at radius 1 is 1.36 bits per heavy atom. The maximum atomic E-state index is 5.71. The van der Waals surface area contributed by atoms with E-state index < -0.39 is 0 Å². The van der Waals surface area contributed by atoms with Gasteiger partial charge in [0.05, 0.1) is 0 Å². The van der Waals surface area contributed by atoms with Gasteiger partial charge in [-0.1, -0.05) is 23.7 Å². The van der Waals surface area contributed by atoms with Gasteiger partial charge >= 0.3 is 0 Å². The first-order valence-electron chi connectivity index (χ1n) is 3.52. The summed E-state index contributed by atoms with van der Waals surface area (Å²) in [7, 11) is 0. The molecule has 59 valence electrons. The first kappa shape index (κ1) is 8.57. The molecule has 0 aliphatic carbocycles. The van der Waals surface area contributed by atoms with Crippen LogP contribution in [0.2, 0.25) is 5.02 Å². The summed E-state index contributed by atoms with van der Waals surface area (Å²) < 4.78 is 0. The zero-order valence-electron chi connectivity index (χ0n) is 6.26. The highest BCUT2D eigenvalue weighted by molar-refractivity contribution is 6.30. The molecule has 0 aliphatic heterocycles. The average Bonchev–Trinajstić information content (AvgIpc) is 2.05. The van der Waals surface area contributed by atoms with Gasteiger partial charge in [-0.3, -0.25) is 0 Å². The Kier molecular flexibility index (Phi) is 2.92. The lowest BCUT2D eigenvalue weighted by Crippen LogP contribution is -2.08. The molecule has 1 aromatic rings. The summed E-state index contributed by atoms with van der Waals surface area (Å²) in [5, 5.41) is 0.748. The molecule has 0 aliphatic rings. The molecule has 0 fully saturated rings. The molecule has 0 amide bonds.